The number of benzene rings is 1. The molecule has 25 heavy (non-hydrogen) atoms. The third-order valence-corrected chi connectivity index (χ3v) is 4.71. The van der Waals surface area contributed by atoms with Crippen LogP contribution in [0.25, 0.3) is 0 Å². The van der Waals surface area contributed by atoms with E-state index in [0.29, 0.717) is 12.3 Å². The Bertz CT molecular complexity index is 783. The number of carbonyl (C=O) groups excluding carboxylic acids is 1. The highest BCUT2D eigenvalue weighted by Gasteiger charge is 2.36. The Hall–Kier alpha value is -2.37. The predicted octanol–water partition coefficient (Wildman–Crippen LogP) is 3.13. The summed E-state index contributed by atoms with van der Waals surface area (Å²) < 4.78 is 20.8. The number of rotatable bonds is 6. The average Bonchev–Trinajstić information content (AvgIpc) is 3.35. The molecule has 0 bridgehead atoms. The molecule has 5 nitrogen and oxygen atoms in total. The number of ether oxygens (including phenoxy) is 1. The molecule has 0 spiro atoms. The molecule has 1 aliphatic carbocycles. The third kappa shape index (κ3) is 3.83. The van der Waals surface area contributed by atoms with Crippen molar-refractivity contribution < 1.29 is 13.9 Å². The van der Waals surface area contributed by atoms with Gasteiger partial charge in [-0.05, 0) is 45.7 Å². The van der Waals surface area contributed by atoms with Crippen LogP contribution in [0.15, 0.2) is 24.3 Å². The zero-order valence-electron chi connectivity index (χ0n) is 15.1. The van der Waals surface area contributed by atoms with Gasteiger partial charge in [0.15, 0.2) is 6.10 Å². The number of carbonyl (C=O) groups is 1. The van der Waals surface area contributed by atoms with Crippen LogP contribution in [0, 0.1) is 19.7 Å². The van der Waals surface area contributed by atoms with Crippen molar-refractivity contribution >= 4 is 5.91 Å². The molecule has 134 valence electrons. The second kappa shape index (κ2) is 6.86. The van der Waals surface area contributed by atoms with Gasteiger partial charge in [-0.15, -0.1) is 0 Å². The number of hydrogen-bond donors (Lipinski definition) is 0. The van der Waals surface area contributed by atoms with Gasteiger partial charge in [0.25, 0.3) is 5.91 Å². The molecule has 1 unspecified atom stereocenters. The summed E-state index contributed by atoms with van der Waals surface area (Å²) in [6, 6.07) is 6.13. The largest absolute Gasteiger partial charge is 0.481 e. The molecule has 1 fully saturated rings. The fourth-order valence-electron chi connectivity index (χ4n) is 3.02. The van der Waals surface area contributed by atoms with Crippen molar-refractivity contribution in [1.82, 2.24) is 14.7 Å². The molecular weight excluding hydrogens is 321 g/mol. The molecule has 1 atom stereocenters. The summed E-state index contributed by atoms with van der Waals surface area (Å²) in [6.07, 6.45) is 1.35. The number of hydrogen-bond acceptors (Lipinski definition) is 3. The molecule has 0 aliphatic heterocycles. The zero-order chi connectivity index (χ0) is 18.1. The molecular formula is C19H24FN3O2. The van der Waals surface area contributed by atoms with Crippen LogP contribution in [0.3, 0.4) is 0 Å². The van der Waals surface area contributed by atoms with E-state index in [9.17, 15) is 9.18 Å². The molecule has 0 N–H and O–H groups in total. The SMILES string of the molecule is Cc1nn(C)c(C)c1CN(C(=O)C(C)Oc1cccc(F)c1)C1CC1. The first-order chi connectivity index (χ1) is 11.9. The topological polar surface area (TPSA) is 47.4 Å². The maximum atomic E-state index is 13.3. The number of halogens is 1. The fraction of sp³-hybridized carbons (Fsp3) is 0.474. The van der Waals surface area contributed by atoms with Gasteiger partial charge >= 0.3 is 0 Å². The summed E-state index contributed by atoms with van der Waals surface area (Å²) in [5.41, 5.74) is 3.09. The number of nitrogens with zero attached hydrogens (tertiary/aromatic N) is 3. The molecule has 1 saturated carbocycles. The van der Waals surface area contributed by atoms with Gasteiger partial charge < -0.3 is 9.64 Å². The molecule has 1 aliphatic rings. The monoisotopic (exact) mass is 345 g/mol. The Morgan fingerprint density at radius 3 is 2.72 bits per heavy atom. The van der Waals surface area contributed by atoms with E-state index >= 15 is 0 Å². The van der Waals surface area contributed by atoms with Crippen molar-refractivity contribution in [3.63, 3.8) is 0 Å². The molecule has 1 amide bonds. The first-order valence-corrected chi connectivity index (χ1v) is 8.58. The van der Waals surface area contributed by atoms with E-state index < -0.39 is 6.10 Å². The quantitative estimate of drug-likeness (QED) is 0.808. The van der Waals surface area contributed by atoms with E-state index in [1.165, 1.54) is 12.1 Å². The summed E-state index contributed by atoms with van der Waals surface area (Å²) in [7, 11) is 1.91. The van der Waals surface area contributed by atoms with Gasteiger partial charge in [-0.1, -0.05) is 6.07 Å². The summed E-state index contributed by atoms with van der Waals surface area (Å²) in [5.74, 6) is -0.0856. The second-order valence-electron chi connectivity index (χ2n) is 6.69. The van der Waals surface area contributed by atoms with Gasteiger partial charge in [-0.25, -0.2) is 4.39 Å². The van der Waals surface area contributed by atoms with Gasteiger partial charge in [0, 0.05) is 37.0 Å². The van der Waals surface area contributed by atoms with Gasteiger partial charge in [-0.2, -0.15) is 5.10 Å². The predicted molar refractivity (Wildman–Crippen MR) is 92.7 cm³/mol. The minimum absolute atomic E-state index is 0.0746. The molecule has 1 aromatic carbocycles. The lowest BCUT2D eigenvalue weighted by Crippen LogP contribution is -2.41. The Morgan fingerprint density at radius 2 is 2.16 bits per heavy atom. The van der Waals surface area contributed by atoms with Crippen molar-refractivity contribution in [3.05, 3.63) is 47.0 Å². The van der Waals surface area contributed by atoms with E-state index in [1.54, 1.807) is 19.1 Å². The normalized spacial score (nSPS) is 15.1. The van der Waals surface area contributed by atoms with E-state index in [1.807, 2.05) is 30.5 Å². The fourth-order valence-corrected chi connectivity index (χ4v) is 3.02. The van der Waals surface area contributed by atoms with Crippen LogP contribution in [0.2, 0.25) is 0 Å². The van der Waals surface area contributed by atoms with E-state index in [-0.39, 0.29) is 17.8 Å². The standard InChI is InChI=1S/C19H24FN3O2/c1-12-18(13(2)22(4)21-12)11-23(16-8-9-16)19(24)14(3)25-17-7-5-6-15(20)10-17/h5-7,10,14,16H,8-9,11H2,1-4H3. The summed E-state index contributed by atoms with van der Waals surface area (Å²) in [6.45, 7) is 6.22. The first-order valence-electron chi connectivity index (χ1n) is 8.58. The summed E-state index contributed by atoms with van der Waals surface area (Å²) in [4.78, 5) is 14.8. The minimum Gasteiger partial charge on any atom is -0.481 e. The highest BCUT2D eigenvalue weighted by Crippen LogP contribution is 2.30. The van der Waals surface area contributed by atoms with Gasteiger partial charge in [0.2, 0.25) is 0 Å². The molecule has 2 aromatic rings. The zero-order valence-corrected chi connectivity index (χ0v) is 15.1. The molecule has 0 saturated heterocycles. The van der Waals surface area contributed by atoms with E-state index in [2.05, 4.69) is 5.10 Å². The smallest absolute Gasteiger partial charge is 0.263 e. The Balaban J connectivity index is 1.74. The van der Waals surface area contributed by atoms with Gasteiger partial charge in [-0.3, -0.25) is 9.48 Å². The van der Waals surface area contributed by atoms with Crippen molar-refractivity contribution in [2.24, 2.45) is 7.05 Å². The lowest BCUT2D eigenvalue weighted by atomic mass is 10.1. The lowest BCUT2D eigenvalue weighted by Gasteiger charge is -2.26. The minimum atomic E-state index is -0.667. The Morgan fingerprint density at radius 1 is 1.44 bits per heavy atom. The van der Waals surface area contributed by atoms with Crippen LogP contribution < -0.4 is 4.74 Å². The van der Waals surface area contributed by atoms with E-state index in [0.717, 1.165) is 29.8 Å². The molecule has 1 aromatic heterocycles. The Kier molecular flexibility index (Phi) is 4.79. The molecule has 3 rings (SSSR count). The summed E-state index contributed by atoms with van der Waals surface area (Å²) in [5, 5.41) is 4.43. The van der Waals surface area contributed by atoms with Gasteiger partial charge in [0.05, 0.1) is 5.69 Å². The van der Waals surface area contributed by atoms with Crippen LogP contribution in [0.4, 0.5) is 4.39 Å². The van der Waals surface area contributed by atoms with Crippen LogP contribution in [-0.4, -0.2) is 32.7 Å². The number of aryl methyl sites for hydroxylation is 2. The lowest BCUT2D eigenvalue weighted by molar-refractivity contribution is -0.139. The van der Waals surface area contributed by atoms with Crippen LogP contribution in [0.5, 0.6) is 5.75 Å². The van der Waals surface area contributed by atoms with Gasteiger partial charge in [0.1, 0.15) is 11.6 Å². The molecule has 6 heteroatoms. The molecule has 1 heterocycles. The van der Waals surface area contributed by atoms with Crippen LogP contribution >= 0.6 is 0 Å². The maximum Gasteiger partial charge on any atom is 0.263 e. The van der Waals surface area contributed by atoms with E-state index in [4.69, 9.17) is 4.74 Å². The van der Waals surface area contributed by atoms with Crippen LogP contribution in [-0.2, 0) is 18.4 Å². The Labute approximate surface area is 147 Å². The molecule has 0 radical (unpaired) electrons. The van der Waals surface area contributed by atoms with Crippen molar-refractivity contribution in [2.45, 2.75) is 52.3 Å². The maximum absolute atomic E-state index is 13.3. The number of aromatic nitrogens is 2. The third-order valence-electron chi connectivity index (χ3n) is 4.71. The average molecular weight is 345 g/mol. The highest BCUT2D eigenvalue weighted by atomic mass is 19.1. The summed E-state index contributed by atoms with van der Waals surface area (Å²) >= 11 is 0. The second-order valence-corrected chi connectivity index (χ2v) is 6.69. The van der Waals surface area contributed by atoms with Crippen molar-refractivity contribution in [3.8, 4) is 5.75 Å². The highest BCUT2D eigenvalue weighted by molar-refractivity contribution is 5.81. The van der Waals surface area contributed by atoms with Crippen molar-refractivity contribution in [1.29, 1.82) is 0 Å². The first kappa shape index (κ1) is 17.5. The van der Waals surface area contributed by atoms with Crippen molar-refractivity contribution in [2.75, 3.05) is 0 Å². The number of amides is 1. The van der Waals surface area contributed by atoms with Crippen LogP contribution in [0.1, 0.15) is 36.7 Å².